The van der Waals surface area contributed by atoms with Crippen LogP contribution in [0.25, 0.3) is 92.5 Å². The maximum atomic E-state index is 5.06. The van der Waals surface area contributed by atoms with Crippen molar-refractivity contribution in [3.63, 3.8) is 0 Å². The zero-order valence-corrected chi connectivity index (χ0v) is 33.0. The van der Waals surface area contributed by atoms with Gasteiger partial charge in [-0.05, 0) is 146 Å². The molecule has 0 aliphatic carbocycles. The predicted octanol–water partition coefficient (Wildman–Crippen LogP) is 16.1. The zero-order chi connectivity index (χ0) is 40.0. The number of hydrogen-bond acceptors (Lipinski definition) is 1. The third-order valence-electron chi connectivity index (χ3n) is 11.8. The van der Waals surface area contributed by atoms with E-state index in [4.69, 9.17) is 4.99 Å². The first-order chi connectivity index (χ1) is 28.9. The van der Waals surface area contributed by atoms with Gasteiger partial charge >= 0.3 is 0 Å². The Morgan fingerprint density at radius 3 is 1.15 bits per heavy atom. The smallest absolute Gasteiger partial charge is 0.0627 e. The van der Waals surface area contributed by atoms with Crippen LogP contribution in [-0.2, 0) is 0 Å². The average molecular weight is 752 g/mol. The SMILES string of the molecule is C=C(/C=C\C(=C)c1ccccc1)C(=C)N=C(C)c1cc(-c2ccc3c4ccccc4c4ccccc4c3c2)cc(-c2ccc3c4ccccc4c4ccccc4c3c2)c1. The lowest BCUT2D eigenvalue weighted by atomic mass is 9.89. The molecule has 0 spiro atoms. The first kappa shape index (κ1) is 35.8. The van der Waals surface area contributed by atoms with Crippen molar-refractivity contribution in [2.45, 2.75) is 6.92 Å². The van der Waals surface area contributed by atoms with Gasteiger partial charge in [0.15, 0.2) is 0 Å². The number of fused-ring (bicyclic) bond motifs is 12. The molecule has 0 N–H and O–H groups in total. The lowest BCUT2D eigenvalue weighted by Gasteiger charge is -2.15. The number of benzene rings is 10. The summed E-state index contributed by atoms with van der Waals surface area (Å²) in [5.74, 6) is 0. The molecule has 0 aromatic heterocycles. The highest BCUT2D eigenvalue weighted by Crippen LogP contribution is 2.40. The fourth-order valence-corrected chi connectivity index (χ4v) is 8.73. The lowest BCUT2D eigenvalue weighted by molar-refractivity contribution is 1.35. The molecule has 0 bridgehead atoms. The van der Waals surface area contributed by atoms with Gasteiger partial charge in [0, 0.05) is 5.71 Å². The van der Waals surface area contributed by atoms with Gasteiger partial charge in [0.25, 0.3) is 0 Å². The van der Waals surface area contributed by atoms with Crippen molar-refractivity contribution in [3.05, 3.63) is 236 Å². The summed E-state index contributed by atoms with van der Waals surface area (Å²) in [4.78, 5) is 5.06. The number of rotatable bonds is 8. The normalized spacial score (nSPS) is 12.1. The largest absolute Gasteiger partial charge is 0.253 e. The number of aliphatic imine (C=N–C) groups is 1. The Hall–Kier alpha value is -7.61. The standard InChI is InChI=1S/C58H41N/c1-37(26-27-38(2)41-16-6-5-7-17-41)39(3)59-40(4)44-32-45(42-28-30-55-51-22-10-8-18-47(51)49-20-12-14-24-53(49)57(55)35-42)34-46(33-44)43-29-31-56-52-23-11-9-19-48(52)50-21-13-15-25-54(50)58(56)36-43/h5-36H,1-3H2,4H3/b27-26-,59-40?. The quantitative estimate of drug-likeness (QED) is 0.0833. The molecular weight excluding hydrogens is 711 g/mol. The minimum Gasteiger partial charge on any atom is -0.253 e. The Morgan fingerprint density at radius 2 is 0.729 bits per heavy atom. The summed E-state index contributed by atoms with van der Waals surface area (Å²) in [5, 5.41) is 15.1. The summed E-state index contributed by atoms with van der Waals surface area (Å²) < 4.78 is 0. The van der Waals surface area contributed by atoms with Gasteiger partial charge in [-0.3, -0.25) is 4.99 Å². The molecule has 0 aliphatic heterocycles. The molecule has 278 valence electrons. The van der Waals surface area contributed by atoms with Crippen molar-refractivity contribution >= 4 is 75.9 Å². The van der Waals surface area contributed by atoms with Gasteiger partial charge in [-0.2, -0.15) is 0 Å². The average Bonchev–Trinajstić information content (AvgIpc) is 3.30. The third-order valence-corrected chi connectivity index (χ3v) is 11.8. The van der Waals surface area contributed by atoms with E-state index < -0.39 is 0 Å². The van der Waals surface area contributed by atoms with Gasteiger partial charge in [0.1, 0.15) is 0 Å². The van der Waals surface area contributed by atoms with Crippen LogP contribution in [0, 0.1) is 0 Å². The Kier molecular flexibility index (Phi) is 8.93. The minimum atomic E-state index is 0.611. The number of allylic oxidation sites excluding steroid dienone is 3. The molecule has 0 heterocycles. The van der Waals surface area contributed by atoms with Crippen molar-refractivity contribution < 1.29 is 0 Å². The molecule has 10 rings (SSSR count). The minimum absolute atomic E-state index is 0.611. The van der Waals surface area contributed by atoms with E-state index in [1.165, 1.54) is 64.6 Å². The van der Waals surface area contributed by atoms with Gasteiger partial charge in [0.05, 0.1) is 5.70 Å². The van der Waals surface area contributed by atoms with Crippen LogP contribution < -0.4 is 0 Å². The summed E-state index contributed by atoms with van der Waals surface area (Å²) in [7, 11) is 0. The van der Waals surface area contributed by atoms with E-state index in [9.17, 15) is 0 Å². The molecule has 0 saturated heterocycles. The second kappa shape index (κ2) is 14.7. The summed E-state index contributed by atoms with van der Waals surface area (Å²) in [5.41, 5.74) is 9.75. The monoisotopic (exact) mass is 751 g/mol. The molecule has 10 aromatic rings. The van der Waals surface area contributed by atoms with Crippen LogP contribution in [0.5, 0.6) is 0 Å². The molecule has 0 fully saturated rings. The van der Waals surface area contributed by atoms with Crippen LogP contribution in [0.2, 0.25) is 0 Å². The van der Waals surface area contributed by atoms with Crippen molar-refractivity contribution in [2.75, 3.05) is 0 Å². The van der Waals surface area contributed by atoms with Gasteiger partial charge in [0.2, 0.25) is 0 Å². The lowest BCUT2D eigenvalue weighted by Crippen LogP contribution is -1.98. The van der Waals surface area contributed by atoms with Crippen molar-refractivity contribution in [1.29, 1.82) is 0 Å². The maximum absolute atomic E-state index is 5.06. The summed E-state index contributed by atoms with van der Waals surface area (Å²) in [6.07, 6.45) is 3.92. The first-order valence-corrected chi connectivity index (χ1v) is 20.1. The molecular formula is C58H41N. The van der Waals surface area contributed by atoms with Crippen molar-refractivity contribution in [1.82, 2.24) is 0 Å². The highest BCUT2D eigenvalue weighted by molar-refractivity contribution is 6.27. The van der Waals surface area contributed by atoms with Crippen molar-refractivity contribution in [2.24, 2.45) is 4.99 Å². The van der Waals surface area contributed by atoms with E-state index in [2.05, 4.69) is 190 Å². The van der Waals surface area contributed by atoms with E-state index in [0.717, 1.165) is 50.2 Å². The van der Waals surface area contributed by atoms with Gasteiger partial charge < -0.3 is 0 Å². The molecule has 0 amide bonds. The fraction of sp³-hybridized carbons (Fsp3) is 0.0172. The van der Waals surface area contributed by atoms with Crippen molar-refractivity contribution in [3.8, 4) is 22.3 Å². The van der Waals surface area contributed by atoms with Crippen LogP contribution in [0.4, 0.5) is 0 Å². The summed E-state index contributed by atoms with van der Waals surface area (Å²) >= 11 is 0. The topological polar surface area (TPSA) is 12.4 Å². The Labute approximate surface area is 344 Å². The molecule has 0 radical (unpaired) electrons. The Morgan fingerprint density at radius 1 is 0.356 bits per heavy atom. The third kappa shape index (κ3) is 6.44. The summed E-state index contributed by atoms with van der Waals surface area (Å²) in [6.45, 7) is 15.0. The summed E-state index contributed by atoms with van der Waals surface area (Å²) in [6, 6.07) is 65.9. The molecule has 1 nitrogen and oxygen atoms in total. The van der Waals surface area contributed by atoms with E-state index in [-0.39, 0.29) is 0 Å². The zero-order valence-electron chi connectivity index (χ0n) is 33.0. The van der Waals surface area contributed by atoms with E-state index in [1.54, 1.807) is 0 Å². The Balaban J connectivity index is 1.13. The molecule has 59 heavy (non-hydrogen) atoms. The van der Waals surface area contributed by atoms with Crippen LogP contribution in [0.3, 0.4) is 0 Å². The van der Waals surface area contributed by atoms with Crippen LogP contribution in [0.1, 0.15) is 18.1 Å². The maximum Gasteiger partial charge on any atom is 0.0627 e. The van der Waals surface area contributed by atoms with Crippen LogP contribution >= 0.6 is 0 Å². The van der Waals surface area contributed by atoms with Gasteiger partial charge in [-0.25, -0.2) is 0 Å². The fourth-order valence-electron chi connectivity index (χ4n) is 8.73. The Bertz CT molecular complexity index is 3180. The first-order valence-electron chi connectivity index (χ1n) is 20.1. The molecule has 1 heteroatoms. The second-order valence-corrected chi connectivity index (χ2v) is 15.4. The van der Waals surface area contributed by atoms with Crippen LogP contribution in [-0.4, -0.2) is 5.71 Å². The van der Waals surface area contributed by atoms with Crippen LogP contribution in [0.15, 0.2) is 230 Å². The van der Waals surface area contributed by atoms with E-state index in [0.29, 0.717) is 5.70 Å². The van der Waals surface area contributed by atoms with Gasteiger partial charge in [-0.15, -0.1) is 0 Å². The molecule has 10 aromatic carbocycles. The molecule has 0 unspecified atom stereocenters. The highest BCUT2D eigenvalue weighted by atomic mass is 14.8. The molecule has 0 saturated carbocycles. The predicted molar refractivity (Wildman–Crippen MR) is 257 cm³/mol. The van der Waals surface area contributed by atoms with Gasteiger partial charge in [-0.1, -0.05) is 184 Å². The van der Waals surface area contributed by atoms with E-state index in [1.807, 2.05) is 30.4 Å². The van der Waals surface area contributed by atoms with E-state index >= 15 is 0 Å². The molecule has 0 atom stereocenters. The number of hydrogen-bond donors (Lipinski definition) is 0. The highest BCUT2D eigenvalue weighted by Gasteiger charge is 2.14. The molecule has 0 aliphatic rings. The second-order valence-electron chi connectivity index (χ2n) is 15.4. The number of nitrogens with zero attached hydrogens (tertiary/aromatic N) is 1.